The third-order valence-electron chi connectivity index (χ3n) is 3.48. The van der Waals surface area contributed by atoms with Crippen molar-refractivity contribution in [2.75, 3.05) is 11.9 Å². The number of carbonyl (C=O) groups excluding carboxylic acids is 1. The van der Waals surface area contributed by atoms with E-state index in [9.17, 15) is 18.4 Å². The maximum absolute atomic E-state index is 13.7. The van der Waals surface area contributed by atoms with Crippen LogP contribution in [0.5, 0.6) is 0 Å². The molecule has 5 nitrogen and oxygen atoms in total. The number of amides is 1. The standard InChI is InChI=1S/C17H13F2N3O2/c18-12-1-2-14(19)13(8-12)16(23)22-15-7-11(9-21-17(15)24)10-3-5-20-6-4-10/h1-5,7-9,20H,6H2,(H,21,24)(H,22,23). The highest BCUT2D eigenvalue weighted by Crippen LogP contribution is 2.18. The van der Waals surface area contributed by atoms with Crippen LogP contribution in [0.2, 0.25) is 0 Å². The minimum absolute atomic E-state index is 0.0472. The quantitative estimate of drug-likeness (QED) is 0.809. The fourth-order valence-electron chi connectivity index (χ4n) is 2.27. The van der Waals surface area contributed by atoms with Crippen LogP contribution in [0.4, 0.5) is 14.5 Å². The van der Waals surface area contributed by atoms with Gasteiger partial charge in [-0.1, -0.05) is 6.08 Å². The number of allylic oxidation sites excluding steroid dienone is 2. The Bertz CT molecular complexity index is 916. The summed E-state index contributed by atoms with van der Waals surface area (Å²) in [5.41, 5.74) is 0.483. The van der Waals surface area contributed by atoms with Gasteiger partial charge < -0.3 is 15.6 Å². The van der Waals surface area contributed by atoms with E-state index in [1.807, 2.05) is 12.2 Å². The SMILES string of the molecule is O=C(Nc1cc(C2=CCNC=C2)c[nH]c1=O)c1cc(F)ccc1F. The molecular weight excluding hydrogens is 316 g/mol. The molecule has 3 rings (SSSR count). The minimum Gasteiger partial charge on any atom is -0.387 e. The second-order valence-corrected chi connectivity index (χ2v) is 5.11. The molecule has 3 N–H and O–H groups in total. The van der Waals surface area contributed by atoms with Gasteiger partial charge in [0.15, 0.2) is 0 Å². The van der Waals surface area contributed by atoms with E-state index in [-0.39, 0.29) is 5.69 Å². The molecule has 2 aromatic rings. The number of H-pyrrole nitrogens is 1. The van der Waals surface area contributed by atoms with Crippen LogP contribution >= 0.6 is 0 Å². The van der Waals surface area contributed by atoms with Crippen LogP contribution < -0.4 is 16.2 Å². The van der Waals surface area contributed by atoms with Gasteiger partial charge in [0.2, 0.25) is 0 Å². The number of benzene rings is 1. The first-order valence-electron chi connectivity index (χ1n) is 7.14. The molecule has 0 saturated heterocycles. The minimum atomic E-state index is -0.899. The van der Waals surface area contributed by atoms with E-state index in [1.165, 1.54) is 12.3 Å². The van der Waals surface area contributed by atoms with Gasteiger partial charge in [0.05, 0.1) is 5.56 Å². The highest BCUT2D eigenvalue weighted by atomic mass is 19.1. The Morgan fingerprint density at radius 2 is 2.04 bits per heavy atom. The fourth-order valence-corrected chi connectivity index (χ4v) is 2.27. The van der Waals surface area contributed by atoms with E-state index in [0.717, 1.165) is 23.8 Å². The molecule has 0 saturated carbocycles. The average molecular weight is 329 g/mol. The number of hydrogen-bond acceptors (Lipinski definition) is 3. The molecule has 0 atom stereocenters. The summed E-state index contributed by atoms with van der Waals surface area (Å²) in [6.07, 6.45) is 7.00. The molecule has 1 aliphatic heterocycles. The number of rotatable bonds is 3. The molecular formula is C17H13F2N3O2. The van der Waals surface area contributed by atoms with Crippen molar-refractivity contribution in [1.29, 1.82) is 0 Å². The van der Waals surface area contributed by atoms with Crippen LogP contribution in [0.25, 0.3) is 5.57 Å². The van der Waals surface area contributed by atoms with Gasteiger partial charge in [0.1, 0.15) is 17.3 Å². The molecule has 0 spiro atoms. The molecule has 1 amide bonds. The van der Waals surface area contributed by atoms with Crippen LogP contribution in [-0.2, 0) is 0 Å². The van der Waals surface area contributed by atoms with Crippen LogP contribution in [0.1, 0.15) is 15.9 Å². The zero-order valence-corrected chi connectivity index (χ0v) is 12.4. The monoisotopic (exact) mass is 329 g/mol. The van der Waals surface area contributed by atoms with Gasteiger partial charge in [0.25, 0.3) is 11.5 Å². The highest BCUT2D eigenvalue weighted by molar-refractivity contribution is 6.04. The second kappa shape index (κ2) is 6.49. The van der Waals surface area contributed by atoms with Crippen LogP contribution in [0.3, 0.4) is 0 Å². The van der Waals surface area contributed by atoms with Crippen molar-refractivity contribution < 1.29 is 13.6 Å². The number of aromatic nitrogens is 1. The van der Waals surface area contributed by atoms with Crippen molar-refractivity contribution in [3.63, 3.8) is 0 Å². The van der Waals surface area contributed by atoms with E-state index >= 15 is 0 Å². The van der Waals surface area contributed by atoms with Crippen molar-refractivity contribution in [3.8, 4) is 0 Å². The molecule has 1 aromatic carbocycles. The van der Waals surface area contributed by atoms with Gasteiger partial charge in [-0.25, -0.2) is 8.78 Å². The van der Waals surface area contributed by atoms with Gasteiger partial charge in [-0.15, -0.1) is 0 Å². The predicted molar refractivity (Wildman–Crippen MR) is 86.5 cm³/mol. The molecule has 1 aromatic heterocycles. The number of nitrogens with one attached hydrogen (secondary N) is 3. The molecule has 0 fully saturated rings. The van der Waals surface area contributed by atoms with E-state index in [0.29, 0.717) is 12.1 Å². The first-order chi connectivity index (χ1) is 11.5. The van der Waals surface area contributed by atoms with Crippen LogP contribution in [0, 0.1) is 11.6 Å². The smallest absolute Gasteiger partial charge is 0.271 e. The van der Waals surface area contributed by atoms with Crippen LogP contribution in [0.15, 0.2) is 53.6 Å². The molecule has 7 heteroatoms. The van der Waals surface area contributed by atoms with Gasteiger partial charge in [-0.2, -0.15) is 0 Å². The molecule has 0 unspecified atom stereocenters. The molecule has 0 aliphatic carbocycles. The lowest BCUT2D eigenvalue weighted by molar-refractivity contribution is 0.102. The zero-order chi connectivity index (χ0) is 17.1. The van der Waals surface area contributed by atoms with Crippen molar-refractivity contribution in [2.24, 2.45) is 0 Å². The topological polar surface area (TPSA) is 74.0 Å². The largest absolute Gasteiger partial charge is 0.387 e. The Labute approximate surface area is 135 Å². The summed E-state index contributed by atoms with van der Waals surface area (Å²) in [5.74, 6) is -2.51. The Balaban J connectivity index is 1.91. The van der Waals surface area contributed by atoms with Gasteiger partial charge in [-0.05, 0) is 47.7 Å². The van der Waals surface area contributed by atoms with E-state index in [4.69, 9.17) is 0 Å². The third kappa shape index (κ3) is 3.24. The van der Waals surface area contributed by atoms with Crippen LogP contribution in [-0.4, -0.2) is 17.4 Å². The van der Waals surface area contributed by atoms with Crippen molar-refractivity contribution in [2.45, 2.75) is 0 Å². The fraction of sp³-hybridized carbons (Fsp3) is 0.0588. The Morgan fingerprint density at radius 1 is 1.21 bits per heavy atom. The Morgan fingerprint density at radius 3 is 2.79 bits per heavy atom. The van der Waals surface area contributed by atoms with E-state index in [2.05, 4.69) is 15.6 Å². The second-order valence-electron chi connectivity index (χ2n) is 5.11. The first-order valence-corrected chi connectivity index (χ1v) is 7.14. The Kier molecular flexibility index (Phi) is 4.24. The van der Waals surface area contributed by atoms with Crippen molar-refractivity contribution >= 4 is 17.2 Å². The third-order valence-corrected chi connectivity index (χ3v) is 3.48. The summed E-state index contributed by atoms with van der Waals surface area (Å²) in [6, 6.07) is 4.03. The number of hydrogen-bond donors (Lipinski definition) is 3. The lowest BCUT2D eigenvalue weighted by Gasteiger charge is -2.10. The lowest BCUT2D eigenvalue weighted by atomic mass is 10.1. The molecule has 24 heavy (non-hydrogen) atoms. The van der Waals surface area contributed by atoms with Gasteiger partial charge in [-0.3, -0.25) is 9.59 Å². The summed E-state index contributed by atoms with van der Waals surface area (Å²) in [5, 5.41) is 5.32. The molecule has 122 valence electrons. The molecule has 0 radical (unpaired) electrons. The number of anilines is 1. The van der Waals surface area contributed by atoms with Crippen molar-refractivity contribution in [3.05, 3.63) is 81.9 Å². The van der Waals surface area contributed by atoms with Gasteiger partial charge >= 0.3 is 0 Å². The summed E-state index contributed by atoms with van der Waals surface area (Å²) in [4.78, 5) is 26.5. The van der Waals surface area contributed by atoms with E-state index in [1.54, 1.807) is 6.20 Å². The number of carbonyl (C=O) groups is 1. The zero-order valence-electron chi connectivity index (χ0n) is 12.4. The summed E-state index contributed by atoms with van der Waals surface area (Å²) in [6.45, 7) is 0.640. The summed E-state index contributed by atoms with van der Waals surface area (Å²) in [7, 11) is 0. The number of aromatic amines is 1. The Hall–Kier alpha value is -3.22. The van der Waals surface area contributed by atoms with Crippen molar-refractivity contribution in [1.82, 2.24) is 10.3 Å². The highest BCUT2D eigenvalue weighted by Gasteiger charge is 2.15. The predicted octanol–water partition coefficient (Wildman–Crippen LogP) is 2.41. The normalized spacial score (nSPS) is 13.2. The number of dihydropyridines is 1. The maximum atomic E-state index is 13.7. The van der Waals surface area contributed by atoms with Gasteiger partial charge in [0, 0.05) is 12.7 Å². The lowest BCUT2D eigenvalue weighted by Crippen LogP contribution is -2.21. The van der Waals surface area contributed by atoms with E-state index < -0.39 is 28.7 Å². The molecule has 0 bridgehead atoms. The molecule has 2 heterocycles. The summed E-state index contributed by atoms with van der Waals surface area (Å²) < 4.78 is 26.9. The number of halogens is 2. The summed E-state index contributed by atoms with van der Waals surface area (Å²) >= 11 is 0. The molecule has 1 aliphatic rings. The maximum Gasteiger partial charge on any atom is 0.271 e. The first kappa shape index (κ1) is 15.7. The average Bonchev–Trinajstić information content (AvgIpc) is 2.59. The number of pyridine rings is 1.